The Labute approximate surface area is 119 Å². The van der Waals surface area contributed by atoms with Gasteiger partial charge in [0.15, 0.2) is 0 Å². The number of nitrogens with zero attached hydrogens (tertiary/aromatic N) is 1. The molecule has 108 valence electrons. The predicted molar refractivity (Wildman–Crippen MR) is 77.9 cm³/mol. The number of carboxylic acids is 1. The summed E-state index contributed by atoms with van der Waals surface area (Å²) >= 11 is 0. The summed E-state index contributed by atoms with van der Waals surface area (Å²) in [6.45, 7) is 4.22. The van der Waals surface area contributed by atoms with Crippen LogP contribution in [-0.4, -0.2) is 24.0 Å². The number of aromatic carboxylic acids is 1. The van der Waals surface area contributed by atoms with E-state index in [0.717, 1.165) is 19.3 Å². The molecule has 1 saturated carbocycles. The molecular weight excluding hydrogens is 254 g/mol. The van der Waals surface area contributed by atoms with E-state index in [1.165, 1.54) is 11.0 Å². The van der Waals surface area contributed by atoms with Gasteiger partial charge >= 0.3 is 5.97 Å². The zero-order valence-electron chi connectivity index (χ0n) is 12.2. The van der Waals surface area contributed by atoms with Gasteiger partial charge in [0.2, 0.25) is 5.91 Å². The Morgan fingerprint density at radius 2 is 1.95 bits per heavy atom. The molecule has 1 atom stereocenters. The molecule has 0 radical (unpaired) electrons. The summed E-state index contributed by atoms with van der Waals surface area (Å²) in [7, 11) is 1.67. The van der Waals surface area contributed by atoms with Crippen molar-refractivity contribution in [2.45, 2.75) is 33.1 Å². The quantitative estimate of drug-likeness (QED) is 0.921. The molecule has 0 spiro atoms. The molecule has 1 fully saturated rings. The Balaban J connectivity index is 2.30. The third kappa shape index (κ3) is 2.55. The third-order valence-electron chi connectivity index (χ3n) is 4.38. The fourth-order valence-electron chi connectivity index (χ4n) is 3.08. The number of carbonyl (C=O) groups is 2. The van der Waals surface area contributed by atoms with Crippen molar-refractivity contribution in [1.82, 2.24) is 0 Å². The second-order valence-electron chi connectivity index (χ2n) is 6.15. The van der Waals surface area contributed by atoms with E-state index >= 15 is 0 Å². The fourth-order valence-corrected chi connectivity index (χ4v) is 3.08. The summed E-state index contributed by atoms with van der Waals surface area (Å²) in [6, 6.07) is 6.64. The third-order valence-corrected chi connectivity index (χ3v) is 4.38. The molecular formula is C16H21NO3. The van der Waals surface area contributed by atoms with Gasteiger partial charge in [0.1, 0.15) is 0 Å². The highest BCUT2D eigenvalue weighted by molar-refractivity contribution is 6.02. The minimum atomic E-state index is -1.01. The zero-order chi connectivity index (χ0) is 14.9. The number of para-hydroxylation sites is 1. The molecule has 20 heavy (non-hydrogen) atoms. The maximum Gasteiger partial charge on any atom is 0.337 e. The highest BCUT2D eigenvalue weighted by Crippen LogP contribution is 2.43. The lowest BCUT2D eigenvalue weighted by molar-refractivity contribution is -0.124. The monoisotopic (exact) mass is 275 g/mol. The summed E-state index contributed by atoms with van der Waals surface area (Å²) in [5, 5.41) is 9.23. The van der Waals surface area contributed by atoms with Crippen LogP contribution < -0.4 is 4.90 Å². The van der Waals surface area contributed by atoms with Crippen LogP contribution in [0, 0.1) is 11.3 Å². The van der Waals surface area contributed by atoms with Crippen LogP contribution in [0.1, 0.15) is 43.5 Å². The van der Waals surface area contributed by atoms with Gasteiger partial charge < -0.3 is 10.0 Å². The van der Waals surface area contributed by atoms with Gasteiger partial charge in [-0.1, -0.05) is 32.4 Å². The molecule has 1 amide bonds. The first-order chi connectivity index (χ1) is 9.34. The normalized spacial score (nSPS) is 20.6. The average Bonchev–Trinajstić information content (AvgIpc) is 2.76. The largest absolute Gasteiger partial charge is 0.478 e. The molecule has 1 aliphatic rings. The van der Waals surface area contributed by atoms with E-state index in [9.17, 15) is 14.7 Å². The SMILES string of the molecule is CN(C(=O)C1CCCC1(C)C)c1ccccc1C(=O)O. The molecule has 0 heterocycles. The Bertz CT molecular complexity index is 536. The molecule has 0 aromatic heterocycles. The van der Waals surface area contributed by atoms with Crippen molar-refractivity contribution in [2.75, 3.05) is 11.9 Å². The second-order valence-corrected chi connectivity index (χ2v) is 6.15. The van der Waals surface area contributed by atoms with Crippen LogP contribution in [0.5, 0.6) is 0 Å². The molecule has 4 heteroatoms. The lowest BCUT2D eigenvalue weighted by Gasteiger charge is -2.30. The number of benzene rings is 1. The first-order valence-electron chi connectivity index (χ1n) is 6.94. The van der Waals surface area contributed by atoms with Crippen LogP contribution in [0.3, 0.4) is 0 Å². The van der Waals surface area contributed by atoms with E-state index in [1.807, 2.05) is 0 Å². The van der Waals surface area contributed by atoms with Gasteiger partial charge in [-0.05, 0) is 30.4 Å². The van der Waals surface area contributed by atoms with Gasteiger partial charge in [0.05, 0.1) is 11.3 Å². The van der Waals surface area contributed by atoms with Gasteiger partial charge in [-0.2, -0.15) is 0 Å². The number of anilines is 1. The molecule has 1 aromatic rings. The van der Waals surface area contributed by atoms with Crippen LogP contribution in [0.4, 0.5) is 5.69 Å². The average molecular weight is 275 g/mol. The maximum atomic E-state index is 12.7. The summed E-state index contributed by atoms with van der Waals surface area (Å²) in [6.07, 6.45) is 2.97. The summed E-state index contributed by atoms with van der Waals surface area (Å²) < 4.78 is 0. The smallest absolute Gasteiger partial charge is 0.337 e. The standard InChI is InChI=1S/C16H21NO3/c1-16(2)10-6-8-12(16)14(18)17(3)13-9-5-4-7-11(13)15(19)20/h4-5,7,9,12H,6,8,10H2,1-3H3,(H,19,20). The lowest BCUT2D eigenvalue weighted by atomic mass is 9.81. The van der Waals surface area contributed by atoms with Gasteiger partial charge in [-0.3, -0.25) is 4.79 Å². The molecule has 4 nitrogen and oxygen atoms in total. The van der Waals surface area contributed by atoms with E-state index in [0.29, 0.717) is 5.69 Å². The van der Waals surface area contributed by atoms with Crippen molar-refractivity contribution in [3.05, 3.63) is 29.8 Å². The maximum absolute atomic E-state index is 12.7. The minimum absolute atomic E-state index is 0.0104. The Hall–Kier alpha value is -1.84. The van der Waals surface area contributed by atoms with Crippen molar-refractivity contribution in [3.63, 3.8) is 0 Å². The van der Waals surface area contributed by atoms with Crippen molar-refractivity contribution < 1.29 is 14.7 Å². The van der Waals surface area contributed by atoms with E-state index in [1.54, 1.807) is 25.2 Å². The second kappa shape index (κ2) is 5.27. The summed E-state index contributed by atoms with van der Waals surface area (Å²) in [5.74, 6) is -1.03. The highest BCUT2D eigenvalue weighted by atomic mass is 16.4. The fraction of sp³-hybridized carbons (Fsp3) is 0.500. The molecule has 0 aliphatic heterocycles. The van der Waals surface area contributed by atoms with Crippen LogP contribution >= 0.6 is 0 Å². The van der Waals surface area contributed by atoms with E-state index in [2.05, 4.69) is 13.8 Å². The van der Waals surface area contributed by atoms with Crippen LogP contribution in [0.25, 0.3) is 0 Å². The molecule has 0 saturated heterocycles. The Kier molecular flexibility index (Phi) is 3.84. The number of rotatable bonds is 3. The first-order valence-corrected chi connectivity index (χ1v) is 6.94. The number of carbonyl (C=O) groups excluding carboxylic acids is 1. The van der Waals surface area contributed by atoms with Crippen molar-refractivity contribution in [2.24, 2.45) is 11.3 Å². The molecule has 1 aromatic carbocycles. The first kappa shape index (κ1) is 14.6. The molecule has 0 bridgehead atoms. The van der Waals surface area contributed by atoms with Crippen LogP contribution in [0.2, 0.25) is 0 Å². The van der Waals surface area contributed by atoms with E-state index in [4.69, 9.17) is 0 Å². The van der Waals surface area contributed by atoms with Crippen molar-refractivity contribution in [3.8, 4) is 0 Å². The van der Waals surface area contributed by atoms with E-state index in [-0.39, 0.29) is 22.8 Å². The van der Waals surface area contributed by atoms with Gasteiger partial charge in [0, 0.05) is 13.0 Å². The summed E-state index contributed by atoms with van der Waals surface area (Å²) in [4.78, 5) is 25.4. The lowest BCUT2D eigenvalue weighted by Crippen LogP contribution is -2.38. The number of carboxylic acid groups (broad SMARTS) is 1. The Morgan fingerprint density at radius 3 is 2.50 bits per heavy atom. The van der Waals surface area contributed by atoms with E-state index < -0.39 is 5.97 Å². The molecule has 2 rings (SSSR count). The number of amides is 1. The van der Waals surface area contributed by atoms with Crippen molar-refractivity contribution in [1.29, 1.82) is 0 Å². The number of hydrogen-bond donors (Lipinski definition) is 1. The molecule has 1 N–H and O–H groups in total. The van der Waals surface area contributed by atoms with Crippen molar-refractivity contribution >= 4 is 17.6 Å². The van der Waals surface area contributed by atoms with Gasteiger partial charge in [-0.15, -0.1) is 0 Å². The van der Waals surface area contributed by atoms with Crippen LogP contribution in [0.15, 0.2) is 24.3 Å². The number of hydrogen-bond acceptors (Lipinski definition) is 2. The Morgan fingerprint density at radius 1 is 1.30 bits per heavy atom. The predicted octanol–water partition coefficient (Wildman–Crippen LogP) is 3.17. The zero-order valence-corrected chi connectivity index (χ0v) is 12.2. The molecule has 1 unspecified atom stereocenters. The summed E-state index contributed by atoms with van der Waals surface area (Å²) in [5.41, 5.74) is 0.621. The van der Waals surface area contributed by atoms with Gasteiger partial charge in [-0.25, -0.2) is 4.79 Å². The highest BCUT2D eigenvalue weighted by Gasteiger charge is 2.41. The molecule has 1 aliphatic carbocycles. The van der Waals surface area contributed by atoms with Gasteiger partial charge in [0.25, 0.3) is 0 Å². The van der Waals surface area contributed by atoms with Crippen LogP contribution in [-0.2, 0) is 4.79 Å². The topological polar surface area (TPSA) is 57.6 Å². The minimum Gasteiger partial charge on any atom is -0.478 e.